The Labute approximate surface area is 121 Å². The van der Waals surface area contributed by atoms with Gasteiger partial charge in [0, 0.05) is 6.04 Å². The Morgan fingerprint density at radius 3 is 2.85 bits per heavy atom. The van der Waals surface area contributed by atoms with Gasteiger partial charge in [-0.05, 0) is 61.8 Å². The molecule has 0 amide bonds. The Morgan fingerprint density at radius 2 is 2.10 bits per heavy atom. The average molecular weight is 293 g/mol. The molecule has 110 valence electrons. The third kappa shape index (κ3) is 3.07. The van der Waals surface area contributed by atoms with Crippen LogP contribution in [0.4, 0.5) is 0 Å². The van der Waals surface area contributed by atoms with Crippen molar-refractivity contribution in [1.82, 2.24) is 5.32 Å². The van der Waals surface area contributed by atoms with Crippen LogP contribution in [0.25, 0.3) is 0 Å². The number of nitrogens with one attached hydrogen (secondary N) is 1. The van der Waals surface area contributed by atoms with Crippen LogP contribution >= 0.6 is 0 Å². The second-order valence-corrected chi connectivity index (χ2v) is 8.51. The lowest BCUT2D eigenvalue weighted by Crippen LogP contribution is -2.26. The predicted molar refractivity (Wildman–Crippen MR) is 81.6 cm³/mol. The Bertz CT molecular complexity index is 594. The largest absolute Gasteiger partial charge is 0.310 e. The summed E-state index contributed by atoms with van der Waals surface area (Å²) in [6.07, 6.45) is 4.51. The summed E-state index contributed by atoms with van der Waals surface area (Å²) in [7, 11) is -2.76. The normalized spacial score (nSPS) is 25.6. The van der Waals surface area contributed by atoms with Gasteiger partial charge in [0.1, 0.15) is 0 Å². The van der Waals surface area contributed by atoms with E-state index in [0.29, 0.717) is 17.5 Å². The number of hydrogen-bond donors (Lipinski definition) is 1. The first-order valence-corrected chi connectivity index (χ1v) is 9.41. The highest BCUT2D eigenvalue weighted by molar-refractivity contribution is 7.91. The number of sulfone groups is 1. The molecule has 1 fully saturated rings. The Kier molecular flexibility index (Phi) is 3.87. The lowest BCUT2D eigenvalue weighted by molar-refractivity contribution is 0.476. The number of fused-ring (bicyclic) bond motifs is 1. The molecule has 0 spiro atoms. The molecule has 3 nitrogen and oxygen atoms in total. The number of benzene rings is 1. The predicted octanol–water partition coefficient (Wildman–Crippen LogP) is 2.26. The molecule has 1 aliphatic heterocycles. The van der Waals surface area contributed by atoms with Gasteiger partial charge in [-0.15, -0.1) is 0 Å². The highest BCUT2D eigenvalue weighted by atomic mass is 32.2. The molecule has 1 saturated heterocycles. The zero-order valence-corrected chi connectivity index (χ0v) is 12.9. The molecule has 1 heterocycles. The summed E-state index contributed by atoms with van der Waals surface area (Å²) >= 11 is 0. The molecule has 0 saturated carbocycles. The lowest BCUT2D eigenvalue weighted by atomic mass is 10.0. The highest BCUT2D eigenvalue weighted by Gasteiger charge is 2.27. The van der Waals surface area contributed by atoms with Gasteiger partial charge in [0.05, 0.1) is 11.5 Å². The van der Waals surface area contributed by atoms with Gasteiger partial charge in [-0.25, -0.2) is 8.42 Å². The fraction of sp³-hybridized carbons (Fsp3) is 0.625. The average Bonchev–Trinajstić information content (AvgIpc) is 3.01. The molecule has 1 aromatic carbocycles. The molecule has 3 rings (SSSR count). The van der Waals surface area contributed by atoms with Crippen LogP contribution < -0.4 is 5.32 Å². The molecule has 0 aromatic heterocycles. The first-order valence-electron chi connectivity index (χ1n) is 7.59. The maximum absolute atomic E-state index is 11.5. The van der Waals surface area contributed by atoms with E-state index < -0.39 is 9.84 Å². The van der Waals surface area contributed by atoms with Crippen molar-refractivity contribution in [3.8, 4) is 0 Å². The SMILES string of the molecule is CC(NCC1CCS(=O)(=O)C1)c1ccc2c(c1)CCC2. The molecular formula is C16H23NO2S. The fourth-order valence-electron chi connectivity index (χ4n) is 3.36. The van der Waals surface area contributed by atoms with Crippen LogP contribution in [0.15, 0.2) is 18.2 Å². The number of aryl methyl sites for hydroxylation is 2. The quantitative estimate of drug-likeness (QED) is 0.926. The van der Waals surface area contributed by atoms with Gasteiger partial charge < -0.3 is 5.32 Å². The summed E-state index contributed by atoms with van der Waals surface area (Å²) in [5, 5.41) is 3.51. The Morgan fingerprint density at radius 1 is 1.30 bits per heavy atom. The minimum atomic E-state index is -2.76. The van der Waals surface area contributed by atoms with Crippen LogP contribution in [0.3, 0.4) is 0 Å². The van der Waals surface area contributed by atoms with Crippen LogP contribution in [-0.4, -0.2) is 26.5 Å². The van der Waals surface area contributed by atoms with E-state index in [1.165, 1.54) is 36.0 Å². The molecule has 1 aromatic rings. The van der Waals surface area contributed by atoms with Gasteiger partial charge >= 0.3 is 0 Å². The molecule has 0 radical (unpaired) electrons. The molecule has 2 aliphatic rings. The molecular weight excluding hydrogens is 270 g/mol. The number of rotatable bonds is 4. The molecule has 2 unspecified atom stereocenters. The van der Waals surface area contributed by atoms with Crippen LogP contribution in [0.5, 0.6) is 0 Å². The first kappa shape index (κ1) is 14.1. The lowest BCUT2D eigenvalue weighted by Gasteiger charge is -2.18. The van der Waals surface area contributed by atoms with E-state index in [1.54, 1.807) is 0 Å². The van der Waals surface area contributed by atoms with Crippen molar-refractivity contribution in [3.05, 3.63) is 34.9 Å². The van der Waals surface area contributed by atoms with Crippen molar-refractivity contribution in [3.63, 3.8) is 0 Å². The minimum Gasteiger partial charge on any atom is -0.310 e. The van der Waals surface area contributed by atoms with E-state index in [2.05, 4.69) is 30.4 Å². The summed E-state index contributed by atoms with van der Waals surface area (Å²) in [6.45, 7) is 2.97. The fourth-order valence-corrected chi connectivity index (χ4v) is 5.22. The molecule has 4 heteroatoms. The van der Waals surface area contributed by atoms with Gasteiger partial charge in [-0.3, -0.25) is 0 Å². The highest BCUT2D eigenvalue weighted by Crippen LogP contribution is 2.26. The minimum absolute atomic E-state index is 0.289. The first-order chi connectivity index (χ1) is 9.53. The van der Waals surface area contributed by atoms with Crippen LogP contribution in [0, 0.1) is 5.92 Å². The summed E-state index contributed by atoms with van der Waals surface area (Å²) < 4.78 is 22.9. The third-order valence-electron chi connectivity index (χ3n) is 4.66. The second-order valence-electron chi connectivity index (χ2n) is 6.28. The zero-order valence-electron chi connectivity index (χ0n) is 12.1. The van der Waals surface area contributed by atoms with Crippen molar-refractivity contribution in [2.45, 2.75) is 38.6 Å². The van der Waals surface area contributed by atoms with E-state index >= 15 is 0 Å². The van der Waals surface area contributed by atoms with E-state index in [1.807, 2.05) is 0 Å². The maximum atomic E-state index is 11.5. The van der Waals surface area contributed by atoms with Gasteiger partial charge in [-0.1, -0.05) is 18.2 Å². The Balaban J connectivity index is 1.58. The molecule has 2 atom stereocenters. The molecule has 0 bridgehead atoms. The smallest absolute Gasteiger partial charge is 0.150 e. The monoisotopic (exact) mass is 293 g/mol. The van der Waals surface area contributed by atoms with Gasteiger partial charge in [0.2, 0.25) is 0 Å². The van der Waals surface area contributed by atoms with E-state index in [-0.39, 0.29) is 5.92 Å². The summed E-state index contributed by atoms with van der Waals surface area (Å²) in [5.74, 6) is 1.01. The van der Waals surface area contributed by atoms with Crippen molar-refractivity contribution in [2.24, 2.45) is 5.92 Å². The second kappa shape index (κ2) is 5.49. The van der Waals surface area contributed by atoms with Gasteiger partial charge in [-0.2, -0.15) is 0 Å². The van der Waals surface area contributed by atoms with Crippen molar-refractivity contribution in [1.29, 1.82) is 0 Å². The summed E-state index contributed by atoms with van der Waals surface area (Å²) in [5.41, 5.74) is 4.33. The zero-order chi connectivity index (χ0) is 14.2. The summed E-state index contributed by atoms with van der Waals surface area (Å²) in [6, 6.07) is 7.10. The van der Waals surface area contributed by atoms with Crippen molar-refractivity contribution >= 4 is 9.84 Å². The topological polar surface area (TPSA) is 46.2 Å². The standard InChI is InChI=1S/C16H23NO2S/c1-12(17-10-13-7-8-20(18,19)11-13)15-6-5-14-3-2-4-16(14)9-15/h5-6,9,12-13,17H,2-4,7-8,10-11H2,1H3. The molecule has 20 heavy (non-hydrogen) atoms. The van der Waals surface area contributed by atoms with Crippen molar-refractivity contribution < 1.29 is 8.42 Å². The number of hydrogen-bond acceptors (Lipinski definition) is 3. The van der Waals surface area contributed by atoms with E-state index in [4.69, 9.17) is 0 Å². The maximum Gasteiger partial charge on any atom is 0.150 e. The van der Waals surface area contributed by atoms with E-state index in [9.17, 15) is 8.42 Å². The third-order valence-corrected chi connectivity index (χ3v) is 6.50. The molecule has 1 N–H and O–H groups in total. The molecule has 1 aliphatic carbocycles. The van der Waals surface area contributed by atoms with Gasteiger partial charge in [0.15, 0.2) is 9.84 Å². The van der Waals surface area contributed by atoms with E-state index in [0.717, 1.165) is 13.0 Å². The van der Waals surface area contributed by atoms with Crippen molar-refractivity contribution in [2.75, 3.05) is 18.1 Å². The van der Waals surface area contributed by atoms with Gasteiger partial charge in [0.25, 0.3) is 0 Å². The Hall–Kier alpha value is -0.870. The summed E-state index contributed by atoms with van der Waals surface area (Å²) in [4.78, 5) is 0. The van der Waals surface area contributed by atoms with Crippen LogP contribution in [-0.2, 0) is 22.7 Å². The van der Waals surface area contributed by atoms with Crippen LogP contribution in [0.1, 0.15) is 42.5 Å². The van der Waals surface area contributed by atoms with Crippen LogP contribution in [0.2, 0.25) is 0 Å².